The molecule has 5 heterocycles. The maximum atomic E-state index is 16.3. The predicted molar refractivity (Wildman–Crippen MR) is 174 cm³/mol. The molecule has 2 unspecified atom stereocenters. The molecule has 1 amide bonds. The second-order valence-electron chi connectivity index (χ2n) is 11.9. The summed E-state index contributed by atoms with van der Waals surface area (Å²) < 4.78 is 81.2. The topological polar surface area (TPSA) is 227 Å². The molecule has 3 aliphatic rings. The van der Waals surface area contributed by atoms with Crippen LogP contribution in [-0.2, 0) is 48.5 Å². The highest BCUT2D eigenvalue weighted by atomic mass is 32.5. The van der Waals surface area contributed by atoms with E-state index in [0.717, 1.165) is 0 Å². The molecule has 10 atom stereocenters. The first kappa shape index (κ1) is 36.5. The number of carbonyl (C=O) groups excluding carboxylic acids is 1. The molecule has 2 aliphatic heterocycles. The number of H-pyrrole nitrogens is 1. The summed E-state index contributed by atoms with van der Waals surface area (Å²) in [6.07, 6.45) is -5.53. The van der Waals surface area contributed by atoms with Crippen molar-refractivity contribution in [2.75, 3.05) is 30.5 Å². The van der Waals surface area contributed by atoms with Gasteiger partial charge >= 0.3 is 15.0 Å². The molecule has 2 bridgehead atoms. The van der Waals surface area contributed by atoms with Crippen LogP contribution in [0.2, 0.25) is 0 Å². The number of rotatable bonds is 8. The molecule has 1 aliphatic carbocycles. The van der Waals surface area contributed by atoms with Crippen LogP contribution in [0, 0.1) is 23.2 Å². The van der Waals surface area contributed by atoms with E-state index in [1.54, 1.807) is 19.9 Å². The van der Waals surface area contributed by atoms with E-state index in [1.165, 1.54) is 23.4 Å². The SMILES string of the molecule is CC(C)C(=O)Nc1nc2c(ncn2[C@@H]2O[C@@H]3CO[PH](=O)O[C@@H]4[C@@H](COP(=S)(OCCC#N)O[C@@H]2[C@@H]3F)C[C@@H](Nc2ccncn2)[C@@H]4F)c(=O)[nH]1. The lowest BCUT2D eigenvalue weighted by Gasteiger charge is -2.29. The number of anilines is 2. The number of alkyl halides is 2. The van der Waals surface area contributed by atoms with Crippen molar-refractivity contribution in [3.05, 3.63) is 35.3 Å². The van der Waals surface area contributed by atoms with Crippen molar-refractivity contribution in [2.45, 2.75) is 69.6 Å². The van der Waals surface area contributed by atoms with Gasteiger partial charge in [-0.05, 0) is 24.3 Å². The van der Waals surface area contributed by atoms with Gasteiger partial charge in [0.1, 0.15) is 36.6 Å². The molecule has 3 N–H and O–H groups in total. The number of aromatic amines is 1. The Balaban J connectivity index is 1.32. The predicted octanol–water partition coefficient (Wildman–Crippen LogP) is 2.94. The number of carbonyl (C=O) groups is 1. The van der Waals surface area contributed by atoms with Gasteiger partial charge < -0.3 is 28.1 Å². The van der Waals surface area contributed by atoms with Gasteiger partial charge in [0.05, 0.1) is 44.7 Å². The number of hydrogen-bond donors (Lipinski definition) is 3. The van der Waals surface area contributed by atoms with Gasteiger partial charge in [-0.3, -0.25) is 33.5 Å². The Morgan fingerprint density at radius 1 is 1.30 bits per heavy atom. The number of halogens is 2. The zero-order chi connectivity index (χ0) is 35.6. The Morgan fingerprint density at radius 2 is 2.12 bits per heavy atom. The number of aromatic nitrogens is 6. The van der Waals surface area contributed by atoms with E-state index in [1.807, 2.05) is 6.07 Å². The zero-order valence-electron chi connectivity index (χ0n) is 26.5. The average molecular weight is 760 g/mol. The third kappa shape index (κ3) is 7.93. The summed E-state index contributed by atoms with van der Waals surface area (Å²) in [7, 11) is -3.43. The van der Waals surface area contributed by atoms with Gasteiger partial charge in [-0.25, -0.2) is 23.7 Å². The van der Waals surface area contributed by atoms with Crippen molar-refractivity contribution >= 4 is 55.6 Å². The summed E-state index contributed by atoms with van der Waals surface area (Å²) in [5.74, 6) is -1.46. The summed E-state index contributed by atoms with van der Waals surface area (Å²) in [5.41, 5.74) is -0.948. The molecule has 0 aromatic carbocycles. The molecule has 6 rings (SSSR count). The van der Waals surface area contributed by atoms with Crippen LogP contribution in [0.25, 0.3) is 11.2 Å². The fourth-order valence-corrected chi connectivity index (χ4v) is 8.66. The number of ether oxygens (including phenoxy) is 1. The summed E-state index contributed by atoms with van der Waals surface area (Å²) in [4.78, 5) is 43.9. The summed E-state index contributed by atoms with van der Waals surface area (Å²) in [6.45, 7) is -1.83. The smallest absolute Gasteiger partial charge is 0.327 e. The molecule has 2 saturated heterocycles. The number of amides is 1. The Bertz CT molecular complexity index is 1870. The van der Waals surface area contributed by atoms with Gasteiger partial charge in [0, 0.05) is 18.0 Å². The number of nitriles is 1. The second kappa shape index (κ2) is 15.5. The lowest BCUT2D eigenvalue weighted by molar-refractivity contribution is -0.118. The van der Waals surface area contributed by atoms with E-state index in [-0.39, 0.29) is 43.2 Å². The van der Waals surface area contributed by atoms with Crippen molar-refractivity contribution in [3.63, 3.8) is 0 Å². The van der Waals surface area contributed by atoms with Crippen LogP contribution in [0.3, 0.4) is 0 Å². The maximum Gasteiger partial charge on any atom is 0.327 e. The van der Waals surface area contributed by atoms with Crippen LogP contribution in [0.15, 0.2) is 29.7 Å². The minimum absolute atomic E-state index is 0.0946. The van der Waals surface area contributed by atoms with Crippen LogP contribution in [0.4, 0.5) is 20.5 Å². The molecule has 50 heavy (non-hydrogen) atoms. The standard InChI is InChI=1S/C27H33F2N9O9P2S/c1-13(2)24(39)36-27-35-23-20(25(40)37-27)33-12-38(23)26-22-19(29)16(45-26)10-42-48(41)46-21-14(9-44-49(50,47-22)43-7-3-5-30)8-15(18(21)28)34-17-4-6-31-11-32-17/h4,6,11-16,18-19,21-22,26,48H,3,7-10H2,1-2H3,(H,31,32,34)(H2,35,36,37,39,40)/t14-,15-,16-,18+,19-,21-,22-,26-,49?/m1/s1. The third-order valence-electron chi connectivity index (χ3n) is 8.13. The van der Waals surface area contributed by atoms with Crippen molar-refractivity contribution in [1.29, 1.82) is 5.26 Å². The van der Waals surface area contributed by atoms with E-state index in [9.17, 15) is 14.2 Å². The highest BCUT2D eigenvalue weighted by Gasteiger charge is 2.52. The zero-order valence-corrected chi connectivity index (χ0v) is 29.2. The molecule has 23 heteroatoms. The Kier molecular flexibility index (Phi) is 11.3. The quantitative estimate of drug-likeness (QED) is 0.222. The van der Waals surface area contributed by atoms with Crippen LogP contribution in [0.5, 0.6) is 0 Å². The highest BCUT2D eigenvalue weighted by molar-refractivity contribution is 8.07. The lowest BCUT2D eigenvalue weighted by atomic mass is 10.1. The minimum Gasteiger partial charge on any atom is -0.364 e. The monoisotopic (exact) mass is 759 g/mol. The maximum absolute atomic E-state index is 16.3. The number of hydrogen-bond acceptors (Lipinski definition) is 16. The molecule has 3 fully saturated rings. The first-order chi connectivity index (χ1) is 24.0. The van der Waals surface area contributed by atoms with Crippen LogP contribution < -0.4 is 16.2 Å². The van der Waals surface area contributed by atoms with Gasteiger partial charge in [0.15, 0.2) is 23.6 Å². The summed E-state index contributed by atoms with van der Waals surface area (Å²) >= 11 is 5.70. The van der Waals surface area contributed by atoms with E-state index in [4.69, 9.17) is 44.4 Å². The van der Waals surface area contributed by atoms with Crippen molar-refractivity contribution in [3.8, 4) is 6.07 Å². The van der Waals surface area contributed by atoms with E-state index in [0.29, 0.717) is 5.82 Å². The van der Waals surface area contributed by atoms with Crippen molar-refractivity contribution in [2.24, 2.45) is 11.8 Å². The molecular formula is C27H33F2N9O9P2S. The number of fused-ring (bicyclic) bond motifs is 4. The molecule has 3 aromatic rings. The molecular weight excluding hydrogens is 726 g/mol. The molecule has 1 saturated carbocycles. The fourth-order valence-electron chi connectivity index (χ4n) is 5.64. The first-order valence-electron chi connectivity index (χ1n) is 15.5. The number of imidazole rings is 1. The van der Waals surface area contributed by atoms with Crippen LogP contribution >= 0.6 is 15.0 Å². The molecule has 0 radical (unpaired) electrons. The van der Waals surface area contributed by atoms with Crippen LogP contribution in [-0.4, -0.2) is 91.9 Å². The first-order valence-corrected chi connectivity index (χ1v) is 19.3. The summed E-state index contributed by atoms with van der Waals surface area (Å²) in [5, 5.41) is 14.6. The van der Waals surface area contributed by atoms with Gasteiger partial charge in [0.25, 0.3) is 5.56 Å². The van der Waals surface area contributed by atoms with Crippen molar-refractivity contribution < 1.29 is 45.5 Å². The normalized spacial score (nSPS) is 33.2. The summed E-state index contributed by atoms with van der Waals surface area (Å²) in [6, 6.07) is 2.63. The molecule has 18 nitrogen and oxygen atoms in total. The van der Waals surface area contributed by atoms with E-state index < -0.39 is 87.8 Å². The van der Waals surface area contributed by atoms with E-state index >= 15 is 8.78 Å². The molecule has 3 aromatic heterocycles. The second-order valence-corrected chi connectivity index (χ2v) is 15.9. The average Bonchev–Trinajstić information content (AvgIpc) is 3.73. The lowest BCUT2D eigenvalue weighted by Crippen LogP contribution is -2.33. The minimum atomic E-state index is -3.96. The molecule has 0 spiro atoms. The van der Waals surface area contributed by atoms with Gasteiger partial charge in [-0.1, -0.05) is 13.8 Å². The Morgan fingerprint density at radius 3 is 2.86 bits per heavy atom. The van der Waals surface area contributed by atoms with Gasteiger partial charge in [0.2, 0.25) is 11.9 Å². The third-order valence-corrected chi connectivity index (χ3v) is 11.4. The molecule has 270 valence electrons. The van der Waals surface area contributed by atoms with Crippen molar-refractivity contribution in [1.82, 2.24) is 29.5 Å². The number of nitrogens with one attached hydrogen (secondary N) is 3. The van der Waals surface area contributed by atoms with Gasteiger partial charge in [-0.2, -0.15) is 10.2 Å². The Hall–Kier alpha value is -3.31. The van der Waals surface area contributed by atoms with Crippen LogP contribution in [0.1, 0.15) is 32.9 Å². The number of nitrogens with zero attached hydrogens (tertiary/aromatic N) is 6. The van der Waals surface area contributed by atoms with Gasteiger partial charge in [-0.15, -0.1) is 0 Å². The fraction of sp³-hybridized carbons (Fsp3) is 0.593. The highest BCUT2D eigenvalue weighted by Crippen LogP contribution is 2.56. The largest absolute Gasteiger partial charge is 0.364 e. The van der Waals surface area contributed by atoms with E-state index in [2.05, 4.69) is 35.6 Å². The Labute approximate surface area is 288 Å².